The van der Waals surface area contributed by atoms with Gasteiger partial charge in [0.15, 0.2) is 0 Å². The van der Waals surface area contributed by atoms with Gasteiger partial charge in [0.05, 0.1) is 10.6 Å². The van der Waals surface area contributed by atoms with Gasteiger partial charge in [-0.05, 0) is 43.2 Å². The van der Waals surface area contributed by atoms with Crippen molar-refractivity contribution < 1.29 is 8.42 Å². The summed E-state index contributed by atoms with van der Waals surface area (Å²) in [4.78, 5) is 0.272. The Morgan fingerprint density at radius 3 is 2.24 bits per heavy atom. The van der Waals surface area contributed by atoms with Crippen LogP contribution in [0.15, 0.2) is 47.4 Å². The van der Waals surface area contributed by atoms with Crippen LogP contribution in [0.4, 0.5) is 11.4 Å². The molecular weight excluding hydrogens is 284 g/mol. The SMILES string of the molecule is CCc1ccc(N(C)S(=O)(=O)c2ccc(C)cc2)cc1N. The minimum atomic E-state index is -3.57. The van der Waals surface area contributed by atoms with E-state index in [-0.39, 0.29) is 4.90 Å². The zero-order valence-electron chi connectivity index (χ0n) is 12.5. The lowest BCUT2D eigenvalue weighted by molar-refractivity contribution is 0.594. The topological polar surface area (TPSA) is 63.4 Å². The number of rotatable bonds is 4. The van der Waals surface area contributed by atoms with Crippen molar-refractivity contribution in [2.45, 2.75) is 25.2 Å². The third-order valence-corrected chi connectivity index (χ3v) is 5.35. The summed E-state index contributed by atoms with van der Waals surface area (Å²) in [5.41, 5.74) is 9.16. The van der Waals surface area contributed by atoms with E-state index in [4.69, 9.17) is 5.73 Å². The molecule has 2 rings (SSSR count). The number of hydrogen-bond donors (Lipinski definition) is 1. The molecule has 0 saturated carbocycles. The molecule has 2 N–H and O–H groups in total. The number of nitrogen functional groups attached to an aromatic ring is 1. The van der Waals surface area contributed by atoms with E-state index in [9.17, 15) is 8.42 Å². The Kier molecular flexibility index (Phi) is 4.23. The molecule has 0 bridgehead atoms. The maximum absolute atomic E-state index is 12.6. The summed E-state index contributed by atoms with van der Waals surface area (Å²) >= 11 is 0. The lowest BCUT2D eigenvalue weighted by atomic mass is 10.1. The lowest BCUT2D eigenvalue weighted by Gasteiger charge is -2.20. The number of anilines is 2. The number of nitrogens with zero attached hydrogens (tertiary/aromatic N) is 1. The second-order valence-electron chi connectivity index (χ2n) is 5.02. The van der Waals surface area contributed by atoms with Gasteiger partial charge in [-0.1, -0.05) is 30.7 Å². The van der Waals surface area contributed by atoms with Crippen molar-refractivity contribution >= 4 is 21.4 Å². The highest BCUT2D eigenvalue weighted by molar-refractivity contribution is 7.92. The summed E-state index contributed by atoms with van der Waals surface area (Å²) in [5, 5.41) is 0. The molecule has 5 heteroatoms. The first kappa shape index (κ1) is 15.4. The fraction of sp³-hybridized carbons (Fsp3) is 0.250. The molecule has 0 aliphatic heterocycles. The summed E-state index contributed by atoms with van der Waals surface area (Å²) in [5.74, 6) is 0. The van der Waals surface area contributed by atoms with Gasteiger partial charge >= 0.3 is 0 Å². The predicted molar refractivity (Wildman–Crippen MR) is 87.0 cm³/mol. The van der Waals surface area contributed by atoms with Crippen LogP contribution in [0.25, 0.3) is 0 Å². The molecule has 0 aromatic heterocycles. The standard InChI is InChI=1S/C16H20N2O2S/c1-4-13-7-8-14(11-16(13)17)18(3)21(19,20)15-9-5-12(2)6-10-15/h5-11H,4,17H2,1-3H3. The largest absolute Gasteiger partial charge is 0.398 e. The molecule has 21 heavy (non-hydrogen) atoms. The van der Waals surface area contributed by atoms with Crippen LogP contribution in [-0.4, -0.2) is 15.5 Å². The number of benzene rings is 2. The first-order chi connectivity index (χ1) is 9.86. The van der Waals surface area contributed by atoms with Gasteiger partial charge in [-0.3, -0.25) is 4.31 Å². The van der Waals surface area contributed by atoms with Gasteiger partial charge in [-0.15, -0.1) is 0 Å². The molecule has 0 aliphatic rings. The third kappa shape index (κ3) is 3.03. The zero-order chi connectivity index (χ0) is 15.6. The molecule has 0 spiro atoms. The van der Waals surface area contributed by atoms with E-state index >= 15 is 0 Å². The first-order valence-electron chi connectivity index (χ1n) is 6.80. The normalized spacial score (nSPS) is 11.4. The Hall–Kier alpha value is -2.01. The van der Waals surface area contributed by atoms with Gasteiger partial charge in [-0.2, -0.15) is 0 Å². The van der Waals surface area contributed by atoms with E-state index in [0.29, 0.717) is 11.4 Å². The fourth-order valence-corrected chi connectivity index (χ4v) is 3.29. The second-order valence-corrected chi connectivity index (χ2v) is 6.99. The molecule has 2 aromatic rings. The van der Waals surface area contributed by atoms with Gasteiger partial charge < -0.3 is 5.73 Å². The third-order valence-electron chi connectivity index (χ3n) is 3.55. The number of aryl methyl sites for hydroxylation is 2. The van der Waals surface area contributed by atoms with Crippen molar-refractivity contribution in [2.24, 2.45) is 0 Å². The van der Waals surface area contributed by atoms with Gasteiger partial charge in [-0.25, -0.2) is 8.42 Å². The minimum absolute atomic E-state index is 0.272. The highest BCUT2D eigenvalue weighted by Gasteiger charge is 2.21. The van der Waals surface area contributed by atoms with Gasteiger partial charge in [0.2, 0.25) is 0 Å². The van der Waals surface area contributed by atoms with Crippen molar-refractivity contribution in [2.75, 3.05) is 17.1 Å². The summed E-state index contributed by atoms with van der Waals surface area (Å²) in [7, 11) is -2.03. The summed E-state index contributed by atoms with van der Waals surface area (Å²) < 4.78 is 26.4. The summed E-state index contributed by atoms with van der Waals surface area (Å²) in [6.45, 7) is 3.93. The molecule has 0 unspecified atom stereocenters. The Morgan fingerprint density at radius 1 is 1.10 bits per heavy atom. The quantitative estimate of drug-likeness (QED) is 0.883. The van der Waals surface area contributed by atoms with E-state index in [1.54, 1.807) is 36.4 Å². The van der Waals surface area contributed by atoms with Crippen LogP contribution in [0.5, 0.6) is 0 Å². The van der Waals surface area contributed by atoms with Crippen LogP contribution in [0, 0.1) is 6.92 Å². The van der Waals surface area contributed by atoms with E-state index < -0.39 is 10.0 Å². The highest BCUT2D eigenvalue weighted by Crippen LogP contribution is 2.26. The number of hydrogen-bond acceptors (Lipinski definition) is 3. The van der Waals surface area contributed by atoms with Crippen molar-refractivity contribution in [3.63, 3.8) is 0 Å². The van der Waals surface area contributed by atoms with Crippen molar-refractivity contribution in [1.82, 2.24) is 0 Å². The molecule has 0 radical (unpaired) electrons. The van der Waals surface area contributed by atoms with Crippen molar-refractivity contribution in [3.05, 3.63) is 53.6 Å². The predicted octanol–water partition coefficient (Wildman–Crippen LogP) is 2.96. The molecule has 0 saturated heterocycles. The Balaban J connectivity index is 2.40. The van der Waals surface area contributed by atoms with Crippen LogP contribution >= 0.6 is 0 Å². The van der Waals surface area contributed by atoms with Crippen LogP contribution in [0.1, 0.15) is 18.1 Å². The fourth-order valence-electron chi connectivity index (χ4n) is 2.11. The average molecular weight is 304 g/mol. The van der Waals surface area contributed by atoms with Crippen LogP contribution < -0.4 is 10.0 Å². The van der Waals surface area contributed by atoms with E-state index in [1.807, 2.05) is 19.9 Å². The van der Waals surface area contributed by atoms with E-state index in [1.165, 1.54) is 11.4 Å². The Morgan fingerprint density at radius 2 is 1.71 bits per heavy atom. The molecule has 0 fully saturated rings. The van der Waals surface area contributed by atoms with Crippen molar-refractivity contribution in [1.29, 1.82) is 0 Å². The van der Waals surface area contributed by atoms with Crippen LogP contribution in [0.3, 0.4) is 0 Å². The molecule has 112 valence electrons. The van der Waals surface area contributed by atoms with Gasteiger partial charge in [0.1, 0.15) is 0 Å². The summed E-state index contributed by atoms with van der Waals surface area (Å²) in [6.07, 6.45) is 0.820. The lowest BCUT2D eigenvalue weighted by Crippen LogP contribution is -2.26. The molecule has 0 aliphatic carbocycles. The maximum atomic E-state index is 12.6. The van der Waals surface area contributed by atoms with Gasteiger partial charge in [0.25, 0.3) is 10.0 Å². The summed E-state index contributed by atoms with van der Waals surface area (Å²) in [6, 6.07) is 12.2. The van der Waals surface area contributed by atoms with Gasteiger partial charge in [0, 0.05) is 12.7 Å². The minimum Gasteiger partial charge on any atom is -0.398 e. The average Bonchev–Trinajstić information content (AvgIpc) is 2.46. The monoisotopic (exact) mass is 304 g/mol. The molecular formula is C16H20N2O2S. The number of sulfonamides is 1. The Bertz CT molecular complexity index is 737. The molecule has 4 nitrogen and oxygen atoms in total. The number of nitrogens with two attached hydrogens (primary N) is 1. The van der Waals surface area contributed by atoms with Crippen LogP contribution in [-0.2, 0) is 16.4 Å². The second kappa shape index (κ2) is 5.77. The highest BCUT2D eigenvalue weighted by atomic mass is 32.2. The smallest absolute Gasteiger partial charge is 0.264 e. The molecule has 0 atom stereocenters. The first-order valence-corrected chi connectivity index (χ1v) is 8.24. The van der Waals surface area contributed by atoms with Crippen molar-refractivity contribution in [3.8, 4) is 0 Å². The molecule has 0 amide bonds. The Labute approximate surface area is 126 Å². The molecule has 0 heterocycles. The van der Waals surface area contributed by atoms with Crippen LogP contribution in [0.2, 0.25) is 0 Å². The van der Waals surface area contributed by atoms with E-state index in [0.717, 1.165) is 17.5 Å². The zero-order valence-corrected chi connectivity index (χ0v) is 13.3. The molecule has 2 aromatic carbocycles. The maximum Gasteiger partial charge on any atom is 0.264 e. The van der Waals surface area contributed by atoms with E-state index in [2.05, 4.69) is 0 Å².